The van der Waals surface area contributed by atoms with E-state index in [1.165, 1.54) is 37.9 Å². The molecule has 4 heterocycles. The third-order valence-electron chi connectivity index (χ3n) is 15.6. The molecule has 380 valence electrons. The Hall–Kier alpha value is -9.35. The zero-order chi connectivity index (χ0) is 52.9. The SMILES string of the molecule is CC(C)(C)c1ccnc(-n2c3[c-]c(Oc4[c-]c(-n5[c](=[Pt])n(-c6c(-c7ccc8ccccc8c7)cc(-n7c8ccccc8c8ccccc87)cc6-c6ccc7ccccc7c6)c6ccccc65)ccc4)ccc3c3ccccc32)c1. The maximum absolute atomic E-state index is 6.82. The van der Waals surface area contributed by atoms with Crippen LogP contribution in [0.2, 0.25) is 0 Å². The first-order valence-electron chi connectivity index (χ1n) is 26.7. The molecule has 0 aliphatic carbocycles. The van der Waals surface area contributed by atoms with Crippen LogP contribution in [-0.4, -0.2) is 23.3 Å². The van der Waals surface area contributed by atoms with Gasteiger partial charge < -0.3 is 0 Å². The summed E-state index contributed by atoms with van der Waals surface area (Å²) in [7, 11) is 0. The first kappa shape index (κ1) is 46.9. The summed E-state index contributed by atoms with van der Waals surface area (Å²) in [6.45, 7) is 6.70. The number of rotatable bonds is 8. The van der Waals surface area contributed by atoms with Crippen LogP contribution >= 0.6 is 0 Å². The third-order valence-corrected chi connectivity index (χ3v) is 16.6. The third kappa shape index (κ3) is 7.81. The van der Waals surface area contributed by atoms with Gasteiger partial charge in [-0.25, -0.2) is 0 Å². The molecule has 15 rings (SSSR count). The fourth-order valence-corrected chi connectivity index (χ4v) is 12.9. The van der Waals surface area contributed by atoms with E-state index < -0.39 is 0 Å². The second-order valence-corrected chi connectivity index (χ2v) is 22.4. The second kappa shape index (κ2) is 18.4. The second-order valence-electron chi connectivity index (χ2n) is 21.4. The van der Waals surface area contributed by atoms with Crippen LogP contribution in [-0.2, 0) is 24.8 Å². The molecule has 0 aliphatic rings. The molecule has 0 saturated heterocycles. The van der Waals surface area contributed by atoms with Crippen LogP contribution < -0.4 is 4.74 Å². The van der Waals surface area contributed by atoms with Crippen molar-refractivity contribution in [2.24, 2.45) is 0 Å². The van der Waals surface area contributed by atoms with E-state index in [0.29, 0.717) is 11.5 Å². The van der Waals surface area contributed by atoms with Gasteiger partial charge in [0.15, 0.2) is 0 Å². The number of para-hydroxylation sites is 5. The normalized spacial score (nSPS) is 12.1. The summed E-state index contributed by atoms with van der Waals surface area (Å²) in [5.41, 5.74) is 15.0. The van der Waals surface area contributed by atoms with Gasteiger partial charge in [-0.2, -0.15) is 0 Å². The van der Waals surface area contributed by atoms with E-state index in [2.05, 4.69) is 295 Å². The van der Waals surface area contributed by atoms with E-state index in [1.54, 1.807) is 0 Å². The van der Waals surface area contributed by atoms with Gasteiger partial charge in [0, 0.05) is 6.20 Å². The molecular weight excluding hydrogens is 1150 g/mol. The summed E-state index contributed by atoms with van der Waals surface area (Å²) in [5.74, 6) is 2.01. The summed E-state index contributed by atoms with van der Waals surface area (Å²) in [5, 5.41) is 9.40. The molecule has 11 aromatic carbocycles. The molecule has 79 heavy (non-hydrogen) atoms. The summed E-state index contributed by atoms with van der Waals surface area (Å²) >= 11 is 2.53. The standard InChI is InChI=1S/C72H49N5O.Pt/c1-72(2,3)53-37-38-73-70(41-53)77-66-28-13-10-25-60(66)61-36-35-57(45-69(61)77)78-56-22-16-21-54(42-56)74-46-75(68-30-15-14-29-67(68)74)71-62(51-33-31-47-17-4-6-19-49(47)39-51)43-55(44-63(71)52-34-32-48-18-5-7-20-50(48)40-52)76-64-26-11-8-23-58(64)59-24-9-12-27-65(59)76;/h4-41,43-44H,1-3H3;/q-2;. The molecule has 6 nitrogen and oxygen atoms in total. The number of hydrogen-bond donors (Lipinski definition) is 0. The number of hydrogen-bond acceptors (Lipinski definition) is 2. The van der Waals surface area contributed by atoms with E-state index in [0.717, 1.165) is 92.8 Å². The van der Waals surface area contributed by atoms with Crippen molar-refractivity contribution in [1.82, 2.24) is 23.3 Å². The first-order chi connectivity index (χ1) is 38.7. The molecule has 15 aromatic rings. The van der Waals surface area contributed by atoms with Crippen molar-refractivity contribution >= 4 is 76.2 Å². The van der Waals surface area contributed by atoms with E-state index in [4.69, 9.17) is 9.72 Å². The molecule has 0 fully saturated rings. The van der Waals surface area contributed by atoms with Crippen LogP contribution in [0.25, 0.3) is 121 Å². The molecule has 0 bridgehead atoms. The Bertz CT molecular complexity index is 4870. The van der Waals surface area contributed by atoms with Gasteiger partial charge in [0.2, 0.25) is 0 Å². The number of aromatic nitrogens is 5. The van der Waals surface area contributed by atoms with Crippen LogP contribution in [0.3, 0.4) is 0 Å². The van der Waals surface area contributed by atoms with Crippen molar-refractivity contribution in [2.45, 2.75) is 26.2 Å². The number of nitrogens with zero attached hydrogens (tertiary/aromatic N) is 5. The van der Waals surface area contributed by atoms with Crippen LogP contribution in [0.1, 0.15) is 26.3 Å². The van der Waals surface area contributed by atoms with E-state index in [1.807, 2.05) is 18.3 Å². The number of fused-ring (bicyclic) bond motifs is 9. The van der Waals surface area contributed by atoms with Gasteiger partial charge in [-0.15, -0.1) is 0 Å². The zero-order valence-corrected chi connectivity index (χ0v) is 45.8. The van der Waals surface area contributed by atoms with Gasteiger partial charge in [0.1, 0.15) is 0 Å². The quantitative estimate of drug-likeness (QED) is 0.142. The summed E-state index contributed by atoms with van der Waals surface area (Å²) in [6, 6.07) is 92.6. The van der Waals surface area contributed by atoms with Gasteiger partial charge in [0.25, 0.3) is 0 Å². The Kier molecular flexibility index (Phi) is 10.9. The van der Waals surface area contributed by atoms with Crippen molar-refractivity contribution < 1.29 is 24.1 Å². The number of benzene rings is 11. The average Bonchev–Trinajstić information content (AvgIpc) is 4.04. The van der Waals surface area contributed by atoms with Crippen molar-refractivity contribution in [3.05, 3.63) is 264 Å². The monoisotopic (exact) mass is 1190 g/mol. The molecule has 0 spiro atoms. The van der Waals surface area contributed by atoms with Gasteiger partial charge in [-0.05, 0) is 17.0 Å². The van der Waals surface area contributed by atoms with Crippen LogP contribution in [0.15, 0.2) is 243 Å². The van der Waals surface area contributed by atoms with Crippen molar-refractivity contribution in [2.75, 3.05) is 0 Å². The molecule has 0 aliphatic heterocycles. The molecule has 0 amide bonds. The molecule has 0 N–H and O–H groups in total. The molecule has 0 saturated carbocycles. The first-order valence-corrected chi connectivity index (χ1v) is 27.8. The molecular formula is C72H49N5OPt-2. The molecule has 4 aromatic heterocycles. The van der Waals surface area contributed by atoms with Crippen molar-refractivity contribution in [3.8, 4) is 56.6 Å². The van der Waals surface area contributed by atoms with Gasteiger partial charge >= 0.3 is 414 Å². The Labute approximate surface area is 467 Å². The summed E-state index contributed by atoms with van der Waals surface area (Å²) in [4.78, 5) is 4.91. The van der Waals surface area contributed by atoms with Gasteiger partial charge in [-0.3, -0.25) is 0 Å². The van der Waals surface area contributed by atoms with E-state index in [-0.39, 0.29) is 5.41 Å². The van der Waals surface area contributed by atoms with Crippen LogP contribution in [0.5, 0.6) is 11.5 Å². The summed E-state index contributed by atoms with van der Waals surface area (Å²) in [6.07, 6.45) is 1.91. The van der Waals surface area contributed by atoms with E-state index >= 15 is 0 Å². The Balaban J connectivity index is 0.944. The van der Waals surface area contributed by atoms with Gasteiger partial charge in [0.05, 0.1) is 0 Å². The number of imidazole rings is 1. The average molecular weight is 1200 g/mol. The van der Waals surface area contributed by atoms with E-state index in [9.17, 15) is 0 Å². The molecule has 7 heteroatoms. The number of ether oxygens (including phenoxy) is 1. The molecule has 0 unspecified atom stereocenters. The fourth-order valence-electron chi connectivity index (χ4n) is 11.8. The van der Waals surface area contributed by atoms with Crippen LogP contribution in [0.4, 0.5) is 0 Å². The number of pyridine rings is 1. The minimum atomic E-state index is -0.0461. The Morgan fingerprint density at radius 2 is 0.937 bits per heavy atom. The summed E-state index contributed by atoms with van der Waals surface area (Å²) < 4.78 is 17.2. The van der Waals surface area contributed by atoms with Crippen LogP contribution in [0, 0.1) is 15.9 Å². The Morgan fingerprint density at radius 3 is 1.54 bits per heavy atom. The zero-order valence-electron chi connectivity index (χ0n) is 43.6. The predicted molar refractivity (Wildman–Crippen MR) is 321 cm³/mol. The Morgan fingerprint density at radius 1 is 0.418 bits per heavy atom. The molecule has 0 radical (unpaired) electrons. The molecule has 0 atom stereocenters. The minimum absolute atomic E-state index is 0.0461. The predicted octanol–water partition coefficient (Wildman–Crippen LogP) is 18.4. The fraction of sp³-hybridized carbons (Fsp3) is 0.0556. The van der Waals surface area contributed by atoms with Crippen molar-refractivity contribution in [1.29, 1.82) is 0 Å². The van der Waals surface area contributed by atoms with Gasteiger partial charge in [-0.1, -0.05) is 32.9 Å². The maximum atomic E-state index is 6.82. The van der Waals surface area contributed by atoms with Crippen molar-refractivity contribution in [3.63, 3.8) is 0 Å². The topological polar surface area (TPSA) is 41.8 Å².